The minimum atomic E-state index is 0.610. The van der Waals surface area contributed by atoms with E-state index in [2.05, 4.69) is 28.2 Å². The first-order valence-corrected chi connectivity index (χ1v) is 8.11. The molecule has 3 heteroatoms. The molecule has 0 bridgehead atoms. The number of fused-ring (bicyclic) bond motifs is 1. The summed E-state index contributed by atoms with van der Waals surface area (Å²) in [7, 11) is 1.81. The van der Waals surface area contributed by atoms with E-state index >= 15 is 0 Å². The molecular formula is C16H22BrNO. The van der Waals surface area contributed by atoms with Gasteiger partial charge in [0.25, 0.3) is 0 Å². The van der Waals surface area contributed by atoms with Crippen molar-refractivity contribution in [3.05, 3.63) is 26.7 Å². The Labute approximate surface area is 124 Å². The highest BCUT2D eigenvalue weighted by atomic mass is 79.9. The highest BCUT2D eigenvalue weighted by Gasteiger charge is 2.28. The Hall–Kier alpha value is -0.540. The fourth-order valence-corrected chi connectivity index (χ4v) is 4.55. The molecule has 2 nitrogen and oxygen atoms in total. The van der Waals surface area contributed by atoms with E-state index in [1.54, 1.807) is 12.7 Å². The smallest absolute Gasteiger partial charge is 0.137 e. The Balaban J connectivity index is 2.18. The summed E-state index contributed by atoms with van der Waals surface area (Å²) in [6.45, 7) is 4.51. The Bertz CT molecular complexity index is 492. The maximum absolute atomic E-state index is 5.76. The van der Waals surface area contributed by atoms with E-state index in [1.807, 2.05) is 0 Å². The lowest BCUT2D eigenvalue weighted by Crippen LogP contribution is -2.14. The minimum absolute atomic E-state index is 0.610. The summed E-state index contributed by atoms with van der Waals surface area (Å²) in [5, 5.41) is 3.48. The van der Waals surface area contributed by atoms with Crippen LogP contribution in [0.3, 0.4) is 0 Å². The number of ether oxygens (including phenoxy) is 1. The summed E-state index contributed by atoms with van der Waals surface area (Å²) in [6, 6.07) is 0. The SMILES string of the molecule is COc1c(Br)c2c(c(C)c1C1CCNC1)CCCC2. The fourth-order valence-electron chi connectivity index (χ4n) is 3.74. The zero-order chi connectivity index (χ0) is 13.4. The average Bonchev–Trinajstić information content (AvgIpc) is 2.96. The van der Waals surface area contributed by atoms with Crippen LogP contribution in [0.15, 0.2) is 4.47 Å². The topological polar surface area (TPSA) is 21.3 Å². The van der Waals surface area contributed by atoms with Crippen LogP contribution < -0.4 is 10.1 Å². The fraction of sp³-hybridized carbons (Fsp3) is 0.625. The van der Waals surface area contributed by atoms with Crippen molar-refractivity contribution in [2.45, 2.75) is 44.9 Å². The van der Waals surface area contributed by atoms with Gasteiger partial charge < -0.3 is 10.1 Å². The van der Waals surface area contributed by atoms with E-state index in [0.717, 1.165) is 18.8 Å². The lowest BCUT2D eigenvalue weighted by atomic mass is 9.82. The summed E-state index contributed by atoms with van der Waals surface area (Å²) in [4.78, 5) is 0. The first-order valence-electron chi connectivity index (χ1n) is 7.32. The van der Waals surface area contributed by atoms with Gasteiger partial charge in [-0.3, -0.25) is 0 Å². The third kappa shape index (κ3) is 2.21. The number of benzene rings is 1. The van der Waals surface area contributed by atoms with E-state index in [4.69, 9.17) is 4.74 Å². The largest absolute Gasteiger partial charge is 0.495 e. The normalized spacial score (nSPS) is 22.4. The highest BCUT2D eigenvalue weighted by molar-refractivity contribution is 9.10. The molecule has 0 aromatic heterocycles. The van der Waals surface area contributed by atoms with Crippen molar-refractivity contribution >= 4 is 15.9 Å². The van der Waals surface area contributed by atoms with E-state index in [0.29, 0.717) is 5.92 Å². The van der Waals surface area contributed by atoms with Gasteiger partial charge in [-0.25, -0.2) is 0 Å². The second-order valence-corrected chi connectivity index (χ2v) is 6.53. The molecule has 1 unspecified atom stereocenters. The number of hydrogen-bond acceptors (Lipinski definition) is 2. The second-order valence-electron chi connectivity index (χ2n) is 5.74. The van der Waals surface area contributed by atoms with Gasteiger partial charge >= 0.3 is 0 Å². The molecule has 0 amide bonds. The number of hydrogen-bond donors (Lipinski definition) is 1. The quantitative estimate of drug-likeness (QED) is 0.895. The molecule has 0 spiro atoms. The third-order valence-electron chi connectivity index (χ3n) is 4.71. The summed E-state index contributed by atoms with van der Waals surface area (Å²) in [5.74, 6) is 1.70. The van der Waals surface area contributed by atoms with Gasteiger partial charge in [-0.05, 0) is 78.2 Å². The van der Waals surface area contributed by atoms with Crippen molar-refractivity contribution in [3.63, 3.8) is 0 Å². The first-order chi connectivity index (χ1) is 9.24. The van der Waals surface area contributed by atoms with Crippen molar-refractivity contribution in [1.29, 1.82) is 0 Å². The third-order valence-corrected chi connectivity index (χ3v) is 5.54. The predicted molar refractivity (Wildman–Crippen MR) is 82.3 cm³/mol. The van der Waals surface area contributed by atoms with Crippen molar-refractivity contribution in [2.24, 2.45) is 0 Å². The Morgan fingerprint density at radius 2 is 1.95 bits per heavy atom. The predicted octanol–water partition coefficient (Wildman–Crippen LogP) is 3.72. The van der Waals surface area contributed by atoms with Gasteiger partial charge in [0.2, 0.25) is 0 Å². The molecule has 104 valence electrons. The Morgan fingerprint density at radius 1 is 1.21 bits per heavy atom. The summed E-state index contributed by atoms with van der Waals surface area (Å²) in [5.41, 5.74) is 6.01. The van der Waals surface area contributed by atoms with Crippen LogP contribution in [0.4, 0.5) is 0 Å². The zero-order valence-electron chi connectivity index (χ0n) is 11.8. The van der Waals surface area contributed by atoms with Crippen molar-refractivity contribution in [2.75, 3.05) is 20.2 Å². The minimum Gasteiger partial charge on any atom is -0.495 e. The van der Waals surface area contributed by atoms with Crippen LogP contribution in [0.25, 0.3) is 0 Å². The maximum atomic E-state index is 5.76. The van der Waals surface area contributed by atoms with Gasteiger partial charge in [-0.15, -0.1) is 0 Å². The summed E-state index contributed by atoms with van der Waals surface area (Å²) < 4.78 is 6.98. The molecule has 1 aromatic rings. The van der Waals surface area contributed by atoms with Crippen molar-refractivity contribution < 1.29 is 4.74 Å². The lowest BCUT2D eigenvalue weighted by Gasteiger charge is -2.27. The van der Waals surface area contributed by atoms with Crippen molar-refractivity contribution in [3.8, 4) is 5.75 Å². The van der Waals surface area contributed by atoms with Crippen LogP contribution in [0.2, 0.25) is 0 Å². The Morgan fingerprint density at radius 3 is 2.58 bits per heavy atom. The van der Waals surface area contributed by atoms with Gasteiger partial charge in [0.1, 0.15) is 5.75 Å². The number of nitrogens with one attached hydrogen (secondary N) is 1. The van der Waals surface area contributed by atoms with E-state index in [-0.39, 0.29) is 0 Å². The van der Waals surface area contributed by atoms with Gasteiger partial charge in [0.15, 0.2) is 0 Å². The maximum Gasteiger partial charge on any atom is 0.137 e. The molecule has 1 N–H and O–H groups in total. The molecule has 19 heavy (non-hydrogen) atoms. The molecule has 0 saturated carbocycles. The van der Waals surface area contributed by atoms with Crippen LogP contribution in [0.1, 0.15) is 47.4 Å². The van der Waals surface area contributed by atoms with Gasteiger partial charge in [-0.2, -0.15) is 0 Å². The molecule has 1 fully saturated rings. The number of rotatable bonds is 2. The van der Waals surface area contributed by atoms with Crippen LogP contribution in [-0.4, -0.2) is 20.2 Å². The van der Waals surface area contributed by atoms with Crippen LogP contribution in [0.5, 0.6) is 5.75 Å². The van der Waals surface area contributed by atoms with Gasteiger partial charge in [-0.1, -0.05) is 0 Å². The first kappa shape index (κ1) is 13.4. The van der Waals surface area contributed by atoms with E-state index in [9.17, 15) is 0 Å². The molecule has 2 aliphatic rings. The zero-order valence-corrected chi connectivity index (χ0v) is 13.4. The van der Waals surface area contributed by atoms with Crippen LogP contribution >= 0.6 is 15.9 Å². The highest BCUT2D eigenvalue weighted by Crippen LogP contribution is 2.45. The standard InChI is InChI=1S/C16H22BrNO/c1-10-12-5-3-4-6-13(12)15(17)16(19-2)14(10)11-7-8-18-9-11/h11,18H,3-9H2,1-2H3. The van der Waals surface area contributed by atoms with Crippen LogP contribution in [0, 0.1) is 6.92 Å². The second kappa shape index (κ2) is 5.45. The molecule has 1 heterocycles. The average molecular weight is 324 g/mol. The van der Waals surface area contributed by atoms with E-state index < -0.39 is 0 Å². The molecule has 3 rings (SSSR count). The summed E-state index contributed by atoms with van der Waals surface area (Å²) >= 11 is 3.81. The molecule has 1 aliphatic heterocycles. The van der Waals surface area contributed by atoms with Gasteiger partial charge in [0.05, 0.1) is 11.6 Å². The number of methoxy groups -OCH3 is 1. The molecule has 0 radical (unpaired) electrons. The van der Waals surface area contributed by atoms with Crippen molar-refractivity contribution in [1.82, 2.24) is 5.32 Å². The van der Waals surface area contributed by atoms with E-state index in [1.165, 1.54) is 53.3 Å². The van der Waals surface area contributed by atoms with Crippen LogP contribution in [-0.2, 0) is 12.8 Å². The molecule has 1 aromatic carbocycles. The number of halogens is 1. The lowest BCUT2D eigenvalue weighted by molar-refractivity contribution is 0.401. The summed E-state index contributed by atoms with van der Waals surface area (Å²) in [6.07, 6.45) is 6.28. The van der Waals surface area contributed by atoms with Gasteiger partial charge in [0, 0.05) is 18.0 Å². The molecule has 1 atom stereocenters. The molecular weight excluding hydrogens is 302 g/mol. The monoisotopic (exact) mass is 323 g/mol. The molecule has 1 aliphatic carbocycles. The molecule has 1 saturated heterocycles. The Kier molecular flexibility index (Phi) is 3.86.